The molecular weight excluding hydrogens is 244 g/mol. The van der Waals surface area contributed by atoms with Gasteiger partial charge in [0, 0.05) is 5.57 Å². The van der Waals surface area contributed by atoms with E-state index in [9.17, 15) is 0 Å². The van der Waals surface area contributed by atoms with Gasteiger partial charge in [-0.1, -0.05) is 26.3 Å². The molecule has 2 heteroatoms. The van der Waals surface area contributed by atoms with Crippen LogP contribution in [0.4, 0.5) is 0 Å². The summed E-state index contributed by atoms with van der Waals surface area (Å²) < 4.78 is 0. The highest BCUT2D eigenvalue weighted by atomic mass is 14.9. The first-order valence-corrected chi connectivity index (χ1v) is 7.72. The van der Waals surface area contributed by atoms with Crippen LogP contribution in [0.2, 0.25) is 0 Å². The topological polar surface area (TPSA) is 36.2 Å². The van der Waals surface area contributed by atoms with Crippen LogP contribution in [0.5, 0.6) is 0 Å². The summed E-state index contributed by atoms with van der Waals surface area (Å²) in [4.78, 5) is 4.95. The van der Waals surface area contributed by atoms with Crippen molar-refractivity contribution < 1.29 is 0 Å². The Labute approximate surface area is 122 Å². The van der Waals surface area contributed by atoms with E-state index in [0.29, 0.717) is 5.71 Å². The van der Waals surface area contributed by atoms with Crippen LogP contribution in [0.3, 0.4) is 0 Å². The first-order valence-electron chi connectivity index (χ1n) is 7.72. The Morgan fingerprint density at radius 1 is 1.25 bits per heavy atom. The zero-order valence-electron chi connectivity index (χ0n) is 13.4. The number of aliphatic imine (C=N–C) groups is 1. The maximum absolute atomic E-state index is 8.35. The lowest BCUT2D eigenvalue weighted by molar-refractivity contribution is 0.646. The third-order valence-corrected chi connectivity index (χ3v) is 4.01. The summed E-state index contributed by atoms with van der Waals surface area (Å²) in [6, 6.07) is 0. The quantitative estimate of drug-likeness (QED) is 0.696. The number of rotatable bonds is 4. The number of nitrogens with zero attached hydrogens (tertiary/aromatic N) is 1. The molecule has 0 aromatic carbocycles. The highest BCUT2D eigenvalue weighted by molar-refractivity contribution is 6.27. The van der Waals surface area contributed by atoms with Crippen molar-refractivity contribution in [2.45, 2.75) is 65.8 Å². The van der Waals surface area contributed by atoms with Gasteiger partial charge in [0.25, 0.3) is 0 Å². The van der Waals surface area contributed by atoms with Crippen molar-refractivity contribution >= 4 is 11.4 Å². The molecule has 2 rings (SSSR count). The number of nitrogens with one attached hydrogen (secondary N) is 1. The third kappa shape index (κ3) is 2.70. The Morgan fingerprint density at radius 2 is 1.95 bits per heavy atom. The van der Waals surface area contributed by atoms with Crippen LogP contribution in [0.15, 0.2) is 39.4 Å². The van der Waals surface area contributed by atoms with Gasteiger partial charge in [-0.05, 0) is 62.8 Å². The Morgan fingerprint density at radius 3 is 2.55 bits per heavy atom. The van der Waals surface area contributed by atoms with Gasteiger partial charge in [0.1, 0.15) is 0 Å². The number of dihydropyridines is 1. The molecule has 20 heavy (non-hydrogen) atoms. The summed E-state index contributed by atoms with van der Waals surface area (Å²) in [7, 11) is 0. The molecule has 0 atom stereocenters. The number of unbranched alkanes of at least 4 members (excludes halogenated alkanes) is 1. The van der Waals surface area contributed by atoms with Gasteiger partial charge in [0.05, 0.1) is 17.0 Å². The Kier molecular flexibility index (Phi) is 4.12. The van der Waals surface area contributed by atoms with Gasteiger partial charge in [0.2, 0.25) is 0 Å². The van der Waals surface area contributed by atoms with E-state index in [2.05, 4.69) is 40.7 Å². The second-order valence-corrected chi connectivity index (χ2v) is 6.34. The van der Waals surface area contributed by atoms with Crippen molar-refractivity contribution in [3.8, 4) is 0 Å². The van der Waals surface area contributed by atoms with E-state index in [1.165, 1.54) is 22.3 Å². The first-order chi connectivity index (χ1) is 9.39. The van der Waals surface area contributed by atoms with E-state index in [0.717, 1.165) is 31.4 Å². The highest BCUT2D eigenvalue weighted by Crippen LogP contribution is 2.36. The first kappa shape index (κ1) is 15.0. The molecule has 1 heterocycles. The van der Waals surface area contributed by atoms with Gasteiger partial charge >= 0.3 is 0 Å². The van der Waals surface area contributed by atoms with Gasteiger partial charge in [0.15, 0.2) is 0 Å². The average Bonchev–Trinajstić information content (AvgIpc) is 2.36. The van der Waals surface area contributed by atoms with Crippen LogP contribution >= 0.6 is 0 Å². The molecular formula is C18H26N2. The van der Waals surface area contributed by atoms with Crippen LogP contribution in [0, 0.1) is 5.41 Å². The van der Waals surface area contributed by atoms with Gasteiger partial charge < -0.3 is 5.41 Å². The standard InChI is InChI=1S/C18H26N2/c1-6-8-9-14-15(19)10-13(7-2)17-16(14)12(3)11-18(4,5)20-17/h10-11,19H,6-9H2,1-5H3. The lowest BCUT2D eigenvalue weighted by Gasteiger charge is -2.32. The van der Waals surface area contributed by atoms with E-state index in [4.69, 9.17) is 10.4 Å². The Balaban J connectivity index is 2.57. The second-order valence-electron chi connectivity index (χ2n) is 6.34. The van der Waals surface area contributed by atoms with E-state index in [-0.39, 0.29) is 5.54 Å². The molecule has 1 aliphatic heterocycles. The van der Waals surface area contributed by atoms with Crippen molar-refractivity contribution in [1.29, 1.82) is 5.41 Å². The highest BCUT2D eigenvalue weighted by Gasteiger charge is 2.30. The van der Waals surface area contributed by atoms with Crippen LogP contribution in [0.1, 0.15) is 60.3 Å². The fourth-order valence-corrected chi connectivity index (χ4v) is 3.13. The van der Waals surface area contributed by atoms with E-state index < -0.39 is 0 Å². The normalized spacial score (nSPS) is 21.2. The SMILES string of the molecule is CCCCC1=C2C(C)=CC(C)(C)N=C2C(CC)=CC1=N. The maximum atomic E-state index is 8.35. The summed E-state index contributed by atoms with van der Waals surface area (Å²) in [6.45, 7) is 10.8. The minimum absolute atomic E-state index is 0.132. The predicted molar refractivity (Wildman–Crippen MR) is 87.9 cm³/mol. The molecule has 1 aliphatic carbocycles. The number of hydrogen-bond donors (Lipinski definition) is 1. The maximum Gasteiger partial charge on any atom is 0.0744 e. The monoisotopic (exact) mass is 270 g/mol. The fraction of sp³-hybridized carbons (Fsp3) is 0.556. The summed E-state index contributed by atoms with van der Waals surface area (Å²) in [5, 5.41) is 8.35. The van der Waals surface area contributed by atoms with Gasteiger partial charge in [-0.3, -0.25) is 4.99 Å². The molecule has 0 aromatic heterocycles. The van der Waals surface area contributed by atoms with Crippen molar-refractivity contribution in [2.75, 3.05) is 0 Å². The number of fused-ring (bicyclic) bond motifs is 1. The molecule has 0 amide bonds. The summed E-state index contributed by atoms with van der Waals surface area (Å²) in [6.07, 6.45) is 8.50. The molecule has 0 fully saturated rings. The Hall–Kier alpha value is -1.44. The molecule has 1 N–H and O–H groups in total. The second kappa shape index (κ2) is 5.51. The van der Waals surface area contributed by atoms with E-state index in [1.54, 1.807) is 0 Å². The largest absolute Gasteiger partial charge is 0.301 e. The van der Waals surface area contributed by atoms with Crippen molar-refractivity contribution in [2.24, 2.45) is 4.99 Å². The summed E-state index contributed by atoms with van der Waals surface area (Å²) >= 11 is 0. The zero-order valence-corrected chi connectivity index (χ0v) is 13.4. The van der Waals surface area contributed by atoms with Crippen LogP contribution in [-0.2, 0) is 0 Å². The van der Waals surface area contributed by atoms with Gasteiger partial charge in [-0.25, -0.2) is 0 Å². The fourth-order valence-electron chi connectivity index (χ4n) is 3.13. The average molecular weight is 270 g/mol. The molecule has 0 saturated carbocycles. The lowest BCUT2D eigenvalue weighted by Crippen LogP contribution is -2.29. The zero-order chi connectivity index (χ0) is 14.9. The van der Waals surface area contributed by atoms with Crippen LogP contribution in [-0.4, -0.2) is 17.0 Å². The van der Waals surface area contributed by atoms with Crippen LogP contribution in [0.25, 0.3) is 0 Å². The molecule has 0 saturated heterocycles. The van der Waals surface area contributed by atoms with Crippen LogP contribution < -0.4 is 0 Å². The molecule has 0 spiro atoms. The van der Waals surface area contributed by atoms with Gasteiger partial charge in [-0.2, -0.15) is 0 Å². The molecule has 0 bridgehead atoms. The van der Waals surface area contributed by atoms with Crippen molar-refractivity contribution in [3.05, 3.63) is 34.4 Å². The summed E-state index contributed by atoms with van der Waals surface area (Å²) in [5.41, 5.74) is 6.62. The molecule has 0 unspecified atom stereocenters. The molecule has 2 nitrogen and oxygen atoms in total. The smallest absolute Gasteiger partial charge is 0.0744 e. The lowest BCUT2D eigenvalue weighted by atomic mass is 9.78. The third-order valence-electron chi connectivity index (χ3n) is 4.01. The van der Waals surface area contributed by atoms with Gasteiger partial charge in [-0.15, -0.1) is 0 Å². The van der Waals surface area contributed by atoms with E-state index >= 15 is 0 Å². The molecule has 108 valence electrons. The summed E-state index contributed by atoms with van der Waals surface area (Å²) in [5.74, 6) is 0. The minimum Gasteiger partial charge on any atom is -0.301 e. The molecule has 0 aromatic rings. The minimum atomic E-state index is -0.132. The molecule has 2 aliphatic rings. The van der Waals surface area contributed by atoms with Crippen molar-refractivity contribution in [1.82, 2.24) is 0 Å². The predicted octanol–water partition coefficient (Wildman–Crippen LogP) is 5.02. The van der Waals surface area contributed by atoms with E-state index in [1.807, 2.05) is 6.08 Å². The Bertz CT molecular complexity index is 554. The molecule has 0 radical (unpaired) electrons. The number of allylic oxidation sites excluding steroid dienone is 5. The number of hydrogen-bond acceptors (Lipinski definition) is 2. The van der Waals surface area contributed by atoms with Crippen molar-refractivity contribution in [3.63, 3.8) is 0 Å².